The van der Waals surface area contributed by atoms with Crippen molar-refractivity contribution in [1.82, 2.24) is 0 Å². The number of hydrogen-bond donors (Lipinski definition) is 1. The van der Waals surface area contributed by atoms with Gasteiger partial charge in [-0.1, -0.05) is 32.0 Å². The molecule has 0 aliphatic heterocycles. The van der Waals surface area contributed by atoms with Crippen LogP contribution in [0.5, 0.6) is 0 Å². The molecule has 82 valence electrons. The van der Waals surface area contributed by atoms with Gasteiger partial charge in [0.2, 0.25) is 0 Å². The molecule has 2 heteroatoms. The first-order valence-corrected chi connectivity index (χ1v) is 5.51. The molecule has 16 heavy (non-hydrogen) atoms. The van der Waals surface area contributed by atoms with E-state index in [4.69, 9.17) is 10.2 Å². The molecule has 0 unspecified atom stereocenters. The van der Waals surface area contributed by atoms with Crippen LogP contribution in [0.1, 0.15) is 13.8 Å². The lowest BCUT2D eigenvalue weighted by molar-refractivity contribution is 0.669. The van der Waals surface area contributed by atoms with Crippen molar-refractivity contribution in [3.8, 4) is 0 Å². The number of anilines is 1. The Kier molecular flexibility index (Phi) is 2.82. The maximum atomic E-state index is 5.73. The fourth-order valence-electron chi connectivity index (χ4n) is 1.74. The summed E-state index contributed by atoms with van der Waals surface area (Å²) in [5.74, 6) is 0. The van der Waals surface area contributed by atoms with Gasteiger partial charge in [0.15, 0.2) is 0 Å². The van der Waals surface area contributed by atoms with Crippen molar-refractivity contribution in [2.24, 2.45) is 0 Å². The van der Waals surface area contributed by atoms with Crippen LogP contribution in [0.25, 0.3) is 21.9 Å². The van der Waals surface area contributed by atoms with Crippen LogP contribution in [-0.2, 0) is 0 Å². The summed E-state index contributed by atoms with van der Waals surface area (Å²) in [4.78, 5) is 0. The second-order valence-electron chi connectivity index (χ2n) is 3.35. The molecule has 0 aliphatic carbocycles. The molecule has 0 fully saturated rings. The minimum absolute atomic E-state index is 0.768. The van der Waals surface area contributed by atoms with E-state index in [1.807, 2.05) is 56.3 Å². The monoisotopic (exact) mass is 213 g/mol. The van der Waals surface area contributed by atoms with E-state index in [1.54, 1.807) is 0 Å². The molecule has 0 radical (unpaired) electrons. The third-order valence-electron chi connectivity index (χ3n) is 2.40. The van der Waals surface area contributed by atoms with Crippen molar-refractivity contribution in [2.75, 3.05) is 5.73 Å². The van der Waals surface area contributed by atoms with E-state index in [9.17, 15) is 0 Å². The Balaban J connectivity index is 0.000000457. The zero-order chi connectivity index (χ0) is 11.5. The van der Waals surface area contributed by atoms with Gasteiger partial charge in [0.1, 0.15) is 11.2 Å². The van der Waals surface area contributed by atoms with E-state index in [2.05, 4.69) is 0 Å². The van der Waals surface area contributed by atoms with E-state index in [0.29, 0.717) is 0 Å². The van der Waals surface area contributed by atoms with Gasteiger partial charge in [-0.3, -0.25) is 0 Å². The van der Waals surface area contributed by atoms with Gasteiger partial charge in [0.05, 0.1) is 0 Å². The van der Waals surface area contributed by atoms with Crippen LogP contribution in [0.2, 0.25) is 0 Å². The average Bonchev–Trinajstić information content (AvgIpc) is 2.70. The summed E-state index contributed by atoms with van der Waals surface area (Å²) in [7, 11) is 0. The smallest absolute Gasteiger partial charge is 0.135 e. The summed E-state index contributed by atoms with van der Waals surface area (Å²) in [6.07, 6.45) is 0. The number of hydrogen-bond acceptors (Lipinski definition) is 2. The second-order valence-corrected chi connectivity index (χ2v) is 3.35. The molecular formula is C14H15NO. The largest absolute Gasteiger partial charge is 0.456 e. The summed E-state index contributed by atoms with van der Waals surface area (Å²) >= 11 is 0. The molecule has 0 saturated heterocycles. The Morgan fingerprint density at radius 3 is 2.38 bits per heavy atom. The Morgan fingerprint density at radius 2 is 1.56 bits per heavy atom. The number of furan rings is 1. The molecule has 2 aromatic carbocycles. The maximum Gasteiger partial charge on any atom is 0.135 e. The molecule has 0 amide bonds. The number of fused-ring (bicyclic) bond motifs is 3. The summed E-state index contributed by atoms with van der Waals surface area (Å²) in [6, 6.07) is 13.7. The maximum absolute atomic E-state index is 5.73. The summed E-state index contributed by atoms with van der Waals surface area (Å²) < 4.78 is 5.65. The Morgan fingerprint density at radius 1 is 0.875 bits per heavy atom. The van der Waals surface area contributed by atoms with Crippen LogP contribution < -0.4 is 5.73 Å². The molecule has 0 atom stereocenters. The highest BCUT2D eigenvalue weighted by Gasteiger charge is 2.04. The van der Waals surface area contributed by atoms with E-state index < -0.39 is 0 Å². The molecule has 1 heterocycles. The predicted octanol–water partition coefficient (Wildman–Crippen LogP) is 4.19. The molecule has 3 aromatic rings. The SMILES string of the molecule is CC.Nc1ccc2oc3ccccc3c2c1. The zero-order valence-corrected chi connectivity index (χ0v) is 9.53. The number of para-hydroxylation sites is 1. The van der Waals surface area contributed by atoms with Crippen LogP contribution in [0, 0.1) is 0 Å². The number of nitrogens with two attached hydrogens (primary N) is 1. The number of nitrogen functional groups attached to an aromatic ring is 1. The van der Waals surface area contributed by atoms with Crippen LogP contribution in [-0.4, -0.2) is 0 Å². The predicted molar refractivity (Wildman–Crippen MR) is 69.5 cm³/mol. The minimum atomic E-state index is 0.768. The first-order chi connectivity index (χ1) is 7.84. The topological polar surface area (TPSA) is 39.2 Å². The van der Waals surface area contributed by atoms with Gasteiger partial charge < -0.3 is 10.2 Å². The quantitative estimate of drug-likeness (QED) is 0.568. The molecule has 2 nitrogen and oxygen atoms in total. The highest BCUT2D eigenvalue weighted by molar-refractivity contribution is 6.05. The van der Waals surface area contributed by atoms with Gasteiger partial charge >= 0.3 is 0 Å². The highest BCUT2D eigenvalue weighted by atomic mass is 16.3. The average molecular weight is 213 g/mol. The van der Waals surface area contributed by atoms with E-state index in [-0.39, 0.29) is 0 Å². The van der Waals surface area contributed by atoms with Crippen molar-refractivity contribution >= 4 is 27.6 Å². The molecule has 2 N–H and O–H groups in total. The van der Waals surface area contributed by atoms with Crippen molar-refractivity contribution in [3.05, 3.63) is 42.5 Å². The zero-order valence-electron chi connectivity index (χ0n) is 9.53. The van der Waals surface area contributed by atoms with Crippen LogP contribution >= 0.6 is 0 Å². The van der Waals surface area contributed by atoms with Crippen LogP contribution in [0.15, 0.2) is 46.9 Å². The first kappa shape index (κ1) is 10.6. The lowest BCUT2D eigenvalue weighted by Gasteiger charge is -1.91. The van der Waals surface area contributed by atoms with Crippen molar-refractivity contribution in [3.63, 3.8) is 0 Å². The van der Waals surface area contributed by atoms with Crippen LogP contribution in [0.4, 0.5) is 5.69 Å². The van der Waals surface area contributed by atoms with E-state index >= 15 is 0 Å². The van der Waals surface area contributed by atoms with Gasteiger partial charge in [-0.25, -0.2) is 0 Å². The standard InChI is InChI=1S/C12H9NO.C2H6/c13-8-5-6-12-10(7-8)9-3-1-2-4-11(9)14-12;1-2/h1-7H,13H2;1-2H3. The van der Waals surface area contributed by atoms with Gasteiger partial charge in [0, 0.05) is 16.5 Å². The number of benzene rings is 2. The molecule has 0 bridgehead atoms. The minimum Gasteiger partial charge on any atom is -0.456 e. The molecular weight excluding hydrogens is 198 g/mol. The molecule has 0 aliphatic rings. The van der Waals surface area contributed by atoms with Crippen molar-refractivity contribution < 1.29 is 4.42 Å². The van der Waals surface area contributed by atoms with Gasteiger partial charge in [-0.15, -0.1) is 0 Å². The van der Waals surface area contributed by atoms with E-state index in [0.717, 1.165) is 27.6 Å². The fraction of sp³-hybridized carbons (Fsp3) is 0.143. The van der Waals surface area contributed by atoms with Crippen molar-refractivity contribution in [2.45, 2.75) is 13.8 Å². The normalized spacial score (nSPS) is 10.1. The Labute approximate surface area is 94.7 Å². The summed E-state index contributed by atoms with van der Waals surface area (Å²) in [6.45, 7) is 4.00. The third-order valence-corrected chi connectivity index (χ3v) is 2.40. The Hall–Kier alpha value is -1.96. The summed E-state index contributed by atoms with van der Waals surface area (Å²) in [5, 5.41) is 2.20. The van der Waals surface area contributed by atoms with Crippen molar-refractivity contribution in [1.29, 1.82) is 0 Å². The lowest BCUT2D eigenvalue weighted by atomic mass is 10.1. The van der Waals surface area contributed by atoms with Gasteiger partial charge in [-0.2, -0.15) is 0 Å². The third kappa shape index (κ3) is 1.63. The molecule has 1 aromatic heterocycles. The Bertz CT molecular complexity index is 610. The molecule has 0 saturated carbocycles. The van der Waals surface area contributed by atoms with Gasteiger partial charge in [-0.05, 0) is 24.3 Å². The van der Waals surface area contributed by atoms with E-state index in [1.165, 1.54) is 0 Å². The summed E-state index contributed by atoms with van der Waals surface area (Å²) in [5.41, 5.74) is 8.30. The molecule has 0 spiro atoms. The van der Waals surface area contributed by atoms with Gasteiger partial charge in [0.25, 0.3) is 0 Å². The molecule has 3 rings (SSSR count). The second kappa shape index (κ2) is 4.27. The highest BCUT2D eigenvalue weighted by Crippen LogP contribution is 2.29. The lowest BCUT2D eigenvalue weighted by Crippen LogP contribution is -1.81. The van der Waals surface area contributed by atoms with Crippen LogP contribution in [0.3, 0.4) is 0 Å². The fourth-order valence-corrected chi connectivity index (χ4v) is 1.74. The number of rotatable bonds is 0. The first-order valence-electron chi connectivity index (χ1n) is 5.51.